The van der Waals surface area contributed by atoms with Gasteiger partial charge in [0.2, 0.25) is 0 Å². The third-order valence-electron chi connectivity index (χ3n) is 3.36. The zero-order valence-corrected chi connectivity index (χ0v) is 12.4. The molecule has 3 heteroatoms. The first-order valence-electron chi connectivity index (χ1n) is 5.63. The Bertz CT molecular complexity index is 346. The Labute approximate surface area is 114 Å². The van der Waals surface area contributed by atoms with Gasteiger partial charge in [0, 0.05) is 23.0 Å². The second-order valence-electron chi connectivity index (χ2n) is 4.51. The Kier molecular flexibility index (Phi) is 4.45. The maximum absolute atomic E-state index is 5.46. The van der Waals surface area contributed by atoms with Crippen molar-refractivity contribution in [1.82, 2.24) is 0 Å². The van der Waals surface area contributed by atoms with Gasteiger partial charge in [-0.2, -0.15) is 0 Å². The molecule has 16 heavy (non-hydrogen) atoms. The molecule has 1 fully saturated rings. The molecular formula is C13H16Br2O. The van der Waals surface area contributed by atoms with Crippen LogP contribution >= 0.6 is 31.9 Å². The third kappa shape index (κ3) is 2.88. The van der Waals surface area contributed by atoms with E-state index in [9.17, 15) is 0 Å². The van der Waals surface area contributed by atoms with E-state index in [2.05, 4.69) is 56.1 Å². The maximum atomic E-state index is 5.46. The van der Waals surface area contributed by atoms with Gasteiger partial charge in [-0.3, -0.25) is 0 Å². The first-order chi connectivity index (χ1) is 7.76. The van der Waals surface area contributed by atoms with E-state index < -0.39 is 0 Å². The summed E-state index contributed by atoms with van der Waals surface area (Å²) < 4.78 is 6.69. The lowest BCUT2D eigenvalue weighted by molar-refractivity contribution is 0.0269. The van der Waals surface area contributed by atoms with Crippen molar-refractivity contribution in [2.24, 2.45) is 5.41 Å². The molecule has 0 spiro atoms. The van der Waals surface area contributed by atoms with Gasteiger partial charge in [-0.05, 0) is 36.3 Å². The summed E-state index contributed by atoms with van der Waals surface area (Å²) in [5.41, 5.74) is 1.78. The summed E-state index contributed by atoms with van der Waals surface area (Å²) >= 11 is 7.31. The van der Waals surface area contributed by atoms with Crippen LogP contribution in [0, 0.1) is 5.41 Å². The molecule has 1 nitrogen and oxygen atoms in total. The molecule has 0 N–H and O–H groups in total. The lowest BCUT2D eigenvalue weighted by atomic mass is 9.77. The molecule has 0 saturated carbocycles. The van der Waals surface area contributed by atoms with Gasteiger partial charge in [-0.25, -0.2) is 0 Å². The zero-order valence-electron chi connectivity index (χ0n) is 9.22. The minimum Gasteiger partial charge on any atom is -0.381 e. The Hall–Kier alpha value is 0.140. The largest absolute Gasteiger partial charge is 0.381 e. The van der Waals surface area contributed by atoms with Crippen LogP contribution in [0.25, 0.3) is 0 Å². The van der Waals surface area contributed by atoms with Crippen LogP contribution < -0.4 is 0 Å². The number of alkyl halides is 1. The van der Waals surface area contributed by atoms with Crippen LogP contribution in [0.5, 0.6) is 0 Å². The number of halogens is 2. The smallest absolute Gasteiger partial charge is 0.0471 e. The third-order valence-corrected chi connectivity index (χ3v) is 5.32. The fourth-order valence-corrected chi connectivity index (χ4v) is 3.39. The van der Waals surface area contributed by atoms with Crippen molar-refractivity contribution in [2.75, 3.05) is 18.5 Å². The molecule has 0 bridgehead atoms. The highest BCUT2D eigenvalue weighted by Crippen LogP contribution is 2.37. The molecule has 1 saturated heterocycles. The average Bonchev–Trinajstić information content (AvgIpc) is 2.33. The predicted octanol–water partition coefficient (Wildman–Crippen LogP) is 4.18. The summed E-state index contributed by atoms with van der Waals surface area (Å²) in [6.07, 6.45) is 3.43. The summed E-state index contributed by atoms with van der Waals surface area (Å²) in [4.78, 5) is 0. The van der Waals surface area contributed by atoms with Crippen molar-refractivity contribution < 1.29 is 4.74 Å². The number of hydrogen-bond acceptors (Lipinski definition) is 1. The Balaban J connectivity index is 2.15. The standard InChI is InChI=1S/C13H16Br2O/c14-10-13(5-7-16-8-6-13)9-11-3-1-2-4-12(11)15/h1-4H,5-10H2. The van der Waals surface area contributed by atoms with Gasteiger partial charge in [0.05, 0.1) is 0 Å². The quantitative estimate of drug-likeness (QED) is 0.745. The van der Waals surface area contributed by atoms with Crippen molar-refractivity contribution in [1.29, 1.82) is 0 Å². The van der Waals surface area contributed by atoms with Crippen LogP contribution in [-0.4, -0.2) is 18.5 Å². The molecule has 0 aliphatic carbocycles. The summed E-state index contributed by atoms with van der Waals surface area (Å²) in [5, 5.41) is 1.06. The van der Waals surface area contributed by atoms with Crippen LogP contribution in [0.1, 0.15) is 18.4 Å². The molecule has 88 valence electrons. The SMILES string of the molecule is BrCC1(Cc2ccccc2Br)CCOCC1. The minimum atomic E-state index is 0.377. The zero-order chi connectivity index (χ0) is 11.4. The number of benzene rings is 1. The molecular weight excluding hydrogens is 332 g/mol. The topological polar surface area (TPSA) is 9.23 Å². The van der Waals surface area contributed by atoms with Crippen molar-refractivity contribution >= 4 is 31.9 Å². The van der Waals surface area contributed by atoms with E-state index >= 15 is 0 Å². The Morgan fingerprint density at radius 3 is 2.50 bits per heavy atom. The van der Waals surface area contributed by atoms with Crippen LogP contribution in [0.3, 0.4) is 0 Å². The highest BCUT2D eigenvalue weighted by Gasteiger charge is 2.32. The minimum absolute atomic E-state index is 0.377. The molecule has 1 aliphatic rings. The van der Waals surface area contributed by atoms with Crippen LogP contribution in [-0.2, 0) is 11.2 Å². The molecule has 1 aliphatic heterocycles. The van der Waals surface area contributed by atoms with E-state index in [-0.39, 0.29) is 0 Å². The van der Waals surface area contributed by atoms with E-state index in [4.69, 9.17) is 4.74 Å². The Morgan fingerprint density at radius 1 is 1.19 bits per heavy atom. The Morgan fingerprint density at radius 2 is 1.88 bits per heavy atom. The molecule has 1 aromatic rings. The highest BCUT2D eigenvalue weighted by molar-refractivity contribution is 9.10. The van der Waals surface area contributed by atoms with Crippen molar-refractivity contribution in [2.45, 2.75) is 19.3 Å². The first-order valence-corrected chi connectivity index (χ1v) is 7.54. The number of hydrogen-bond donors (Lipinski definition) is 0. The molecule has 1 heterocycles. The average molecular weight is 348 g/mol. The fourth-order valence-electron chi connectivity index (χ4n) is 2.21. The molecule has 0 atom stereocenters. The summed E-state index contributed by atoms with van der Waals surface area (Å²) in [7, 11) is 0. The van der Waals surface area contributed by atoms with E-state index in [1.54, 1.807) is 0 Å². The molecule has 0 aromatic heterocycles. The molecule has 0 amide bonds. The molecule has 2 rings (SSSR count). The number of rotatable bonds is 3. The molecule has 0 radical (unpaired) electrons. The first kappa shape index (κ1) is 12.6. The van der Waals surface area contributed by atoms with Gasteiger partial charge >= 0.3 is 0 Å². The van der Waals surface area contributed by atoms with Crippen LogP contribution in [0.2, 0.25) is 0 Å². The maximum Gasteiger partial charge on any atom is 0.0471 e. The van der Waals surface area contributed by atoms with E-state index in [0.29, 0.717) is 5.41 Å². The summed E-state index contributed by atoms with van der Waals surface area (Å²) in [6, 6.07) is 8.51. The van der Waals surface area contributed by atoms with Gasteiger partial charge in [0.1, 0.15) is 0 Å². The normalized spacial score (nSPS) is 19.6. The fraction of sp³-hybridized carbons (Fsp3) is 0.538. The van der Waals surface area contributed by atoms with E-state index in [0.717, 1.165) is 37.8 Å². The van der Waals surface area contributed by atoms with Gasteiger partial charge in [-0.15, -0.1) is 0 Å². The lowest BCUT2D eigenvalue weighted by Gasteiger charge is -2.36. The molecule has 1 aromatic carbocycles. The predicted molar refractivity (Wildman–Crippen MR) is 74.1 cm³/mol. The molecule has 0 unspecified atom stereocenters. The van der Waals surface area contributed by atoms with Crippen molar-refractivity contribution in [3.8, 4) is 0 Å². The number of ether oxygens (including phenoxy) is 1. The summed E-state index contributed by atoms with van der Waals surface area (Å²) in [5.74, 6) is 0. The van der Waals surface area contributed by atoms with E-state index in [1.807, 2.05) is 0 Å². The van der Waals surface area contributed by atoms with Gasteiger partial charge in [0.15, 0.2) is 0 Å². The van der Waals surface area contributed by atoms with Gasteiger partial charge < -0.3 is 4.74 Å². The lowest BCUT2D eigenvalue weighted by Crippen LogP contribution is -2.33. The van der Waals surface area contributed by atoms with Crippen molar-refractivity contribution in [3.63, 3.8) is 0 Å². The van der Waals surface area contributed by atoms with Crippen molar-refractivity contribution in [3.05, 3.63) is 34.3 Å². The monoisotopic (exact) mass is 346 g/mol. The summed E-state index contributed by atoms with van der Waals surface area (Å²) in [6.45, 7) is 1.80. The van der Waals surface area contributed by atoms with E-state index in [1.165, 1.54) is 10.0 Å². The highest BCUT2D eigenvalue weighted by atomic mass is 79.9. The van der Waals surface area contributed by atoms with Crippen LogP contribution in [0.15, 0.2) is 28.7 Å². The van der Waals surface area contributed by atoms with Crippen LogP contribution in [0.4, 0.5) is 0 Å². The van der Waals surface area contributed by atoms with Gasteiger partial charge in [0.25, 0.3) is 0 Å². The second-order valence-corrected chi connectivity index (χ2v) is 5.93. The second kappa shape index (κ2) is 5.65. The van der Waals surface area contributed by atoms with Gasteiger partial charge in [-0.1, -0.05) is 50.1 Å².